The van der Waals surface area contributed by atoms with E-state index in [0.29, 0.717) is 0 Å². The monoisotopic (exact) mass is 397 g/mol. The highest BCUT2D eigenvalue weighted by atomic mass is 32.1. The molecule has 4 nitrogen and oxygen atoms in total. The van der Waals surface area contributed by atoms with Crippen LogP contribution in [0.15, 0.2) is 53.0 Å². The van der Waals surface area contributed by atoms with Crippen molar-refractivity contribution in [2.75, 3.05) is 5.32 Å². The van der Waals surface area contributed by atoms with E-state index in [1.807, 2.05) is 35.7 Å². The van der Waals surface area contributed by atoms with Gasteiger partial charge in [0.05, 0.1) is 21.1 Å². The van der Waals surface area contributed by atoms with Gasteiger partial charge in [0.1, 0.15) is 0 Å². The molecule has 1 atom stereocenters. The first-order chi connectivity index (χ1) is 13.1. The lowest BCUT2D eigenvalue weighted by Gasteiger charge is -2.31. The predicted octanol–water partition coefficient (Wildman–Crippen LogP) is 5.66. The van der Waals surface area contributed by atoms with Crippen LogP contribution >= 0.6 is 22.7 Å². The number of nitrogens with one attached hydrogen (secondary N) is 2. The SMILES string of the molecule is CC(C)C(NC(=O)c1cccs1)C(Nc1nc2ccccc2s1)=C1CCC1. The fourth-order valence-electron chi connectivity index (χ4n) is 3.24. The molecule has 0 spiro atoms. The van der Waals surface area contributed by atoms with E-state index in [0.717, 1.165) is 34.1 Å². The number of thiophene rings is 1. The van der Waals surface area contributed by atoms with Crippen LogP contribution in [0.4, 0.5) is 5.13 Å². The summed E-state index contributed by atoms with van der Waals surface area (Å²) >= 11 is 3.13. The Labute approximate surface area is 167 Å². The molecule has 140 valence electrons. The van der Waals surface area contributed by atoms with Crippen molar-refractivity contribution in [1.29, 1.82) is 0 Å². The van der Waals surface area contributed by atoms with E-state index in [2.05, 4.69) is 30.5 Å². The average Bonchev–Trinajstić information content (AvgIpc) is 3.26. The maximum atomic E-state index is 12.7. The van der Waals surface area contributed by atoms with Crippen LogP contribution in [0.3, 0.4) is 0 Å². The Hall–Kier alpha value is -2.18. The Balaban J connectivity index is 1.62. The summed E-state index contributed by atoms with van der Waals surface area (Å²) in [7, 11) is 0. The first-order valence-electron chi connectivity index (χ1n) is 9.30. The van der Waals surface area contributed by atoms with Gasteiger partial charge in [-0.1, -0.05) is 43.4 Å². The quantitative estimate of drug-likeness (QED) is 0.564. The van der Waals surface area contributed by atoms with Gasteiger partial charge in [-0.05, 0) is 54.3 Å². The molecule has 0 bridgehead atoms. The highest BCUT2D eigenvalue weighted by Gasteiger charge is 2.27. The van der Waals surface area contributed by atoms with E-state index < -0.39 is 0 Å². The van der Waals surface area contributed by atoms with E-state index in [-0.39, 0.29) is 17.9 Å². The van der Waals surface area contributed by atoms with Crippen molar-refractivity contribution in [2.24, 2.45) is 5.92 Å². The Kier molecular flexibility index (Phi) is 5.27. The number of thiazole rings is 1. The summed E-state index contributed by atoms with van der Waals surface area (Å²) in [5.74, 6) is 0.270. The number of para-hydroxylation sites is 1. The maximum Gasteiger partial charge on any atom is 0.261 e. The Morgan fingerprint density at radius 3 is 2.59 bits per heavy atom. The molecule has 1 unspecified atom stereocenters. The summed E-state index contributed by atoms with van der Waals surface area (Å²) in [6.07, 6.45) is 3.39. The van der Waals surface area contributed by atoms with Crippen LogP contribution in [0.2, 0.25) is 0 Å². The minimum atomic E-state index is -0.0538. The number of carbonyl (C=O) groups is 1. The van der Waals surface area contributed by atoms with Crippen LogP contribution in [-0.2, 0) is 0 Å². The number of anilines is 1. The predicted molar refractivity (Wildman–Crippen MR) is 115 cm³/mol. The molecular weight excluding hydrogens is 374 g/mol. The topological polar surface area (TPSA) is 54.0 Å². The van der Waals surface area contributed by atoms with Crippen molar-refractivity contribution in [2.45, 2.75) is 39.2 Å². The summed E-state index contributed by atoms with van der Waals surface area (Å²) in [4.78, 5) is 18.2. The molecule has 2 heterocycles. The molecule has 2 N–H and O–H groups in total. The van der Waals surface area contributed by atoms with Crippen LogP contribution in [0.5, 0.6) is 0 Å². The Morgan fingerprint density at radius 1 is 1.15 bits per heavy atom. The highest BCUT2D eigenvalue weighted by Crippen LogP contribution is 2.34. The largest absolute Gasteiger partial charge is 0.343 e. The summed E-state index contributed by atoms with van der Waals surface area (Å²) < 4.78 is 1.17. The summed E-state index contributed by atoms with van der Waals surface area (Å²) in [5, 5.41) is 9.65. The van der Waals surface area contributed by atoms with Gasteiger partial charge in [-0.3, -0.25) is 4.79 Å². The van der Waals surface area contributed by atoms with Gasteiger partial charge < -0.3 is 10.6 Å². The average molecular weight is 398 g/mol. The number of rotatable bonds is 6. The molecule has 2 aromatic heterocycles. The number of hydrogen-bond donors (Lipinski definition) is 2. The minimum absolute atomic E-state index is 0.00720. The highest BCUT2D eigenvalue weighted by molar-refractivity contribution is 7.22. The smallest absolute Gasteiger partial charge is 0.261 e. The fraction of sp³-hybridized carbons (Fsp3) is 0.333. The second-order valence-electron chi connectivity index (χ2n) is 7.15. The molecule has 0 saturated heterocycles. The third-order valence-electron chi connectivity index (χ3n) is 4.88. The minimum Gasteiger partial charge on any atom is -0.343 e. The molecule has 1 aliphatic carbocycles. The van der Waals surface area contributed by atoms with E-state index in [4.69, 9.17) is 4.98 Å². The zero-order valence-electron chi connectivity index (χ0n) is 15.5. The van der Waals surface area contributed by atoms with Crippen molar-refractivity contribution < 1.29 is 4.79 Å². The number of nitrogens with zero attached hydrogens (tertiary/aromatic N) is 1. The summed E-state index contributed by atoms with van der Waals surface area (Å²) in [5.41, 5.74) is 3.53. The fourth-order valence-corrected chi connectivity index (χ4v) is 4.75. The normalized spacial score (nSPS) is 14.9. The molecular formula is C21H23N3OS2. The van der Waals surface area contributed by atoms with Crippen molar-refractivity contribution in [3.8, 4) is 0 Å². The Bertz CT molecular complexity index is 933. The standard InChI is InChI=1S/C21H23N3OS2/c1-13(2)18(23-20(25)17-11-6-12-26-17)19(14-7-5-8-14)24-21-22-15-9-3-4-10-16(15)27-21/h3-4,6,9-13,18H,5,7-8H2,1-2H3,(H,22,24)(H,23,25). The Morgan fingerprint density at radius 2 is 1.96 bits per heavy atom. The number of fused-ring (bicyclic) bond motifs is 1. The number of amides is 1. The molecule has 0 radical (unpaired) electrons. The van der Waals surface area contributed by atoms with Crippen molar-refractivity contribution in [3.05, 3.63) is 57.9 Å². The van der Waals surface area contributed by atoms with Gasteiger partial charge in [-0.2, -0.15) is 0 Å². The van der Waals surface area contributed by atoms with Gasteiger partial charge in [-0.25, -0.2) is 4.98 Å². The van der Waals surface area contributed by atoms with E-state index in [1.54, 1.807) is 11.3 Å². The van der Waals surface area contributed by atoms with Crippen LogP contribution in [0, 0.1) is 5.92 Å². The molecule has 4 rings (SSSR count). The molecule has 27 heavy (non-hydrogen) atoms. The van der Waals surface area contributed by atoms with E-state index in [1.165, 1.54) is 28.0 Å². The first kappa shape index (κ1) is 18.2. The third kappa shape index (κ3) is 3.92. The van der Waals surface area contributed by atoms with Gasteiger partial charge >= 0.3 is 0 Å². The van der Waals surface area contributed by atoms with Crippen molar-refractivity contribution in [3.63, 3.8) is 0 Å². The van der Waals surface area contributed by atoms with E-state index >= 15 is 0 Å². The second-order valence-corrected chi connectivity index (χ2v) is 9.13. The van der Waals surface area contributed by atoms with Crippen LogP contribution in [0.1, 0.15) is 42.8 Å². The number of allylic oxidation sites excluding steroid dienone is 1. The first-order valence-corrected chi connectivity index (χ1v) is 11.0. The number of benzene rings is 1. The van der Waals surface area contributed by atoms with Crippen molar-refractivity contribution in [1.82, 2.24) is 10.3 Å². The molecule has 1 aliphatic rings. The third-order valence-corrected chi connectivity index (χ3v) is 6.70. The molecule has 0 aliphatic heterocycles. The van der Waals surface area contributed by atoms with Gasteiger partial charge in [0, 0.05) is 5.70 Å². The maximum absolute atomic E-state index is 12.7. The lowest BCUT2D eigenvalue weighted by Crippen LogP contribution is -2.42. The molecule has 1 aromatic carbocycles. The molecule has 1 saturated carbocycles. The molecule has 1 amide bonds. The van der Waals surface area contributed by atoms with Gasteiger partial charge in [0.2, 0.25) is 0 Å². The second kappa shape index (κ2) is 7.82. The van der Waals surface area contributed by atoms with Gasteiger partial charge in [-0.15, -0.1) is 11.3 Å². The molecule has 3 aromatic rings. The summed E-state index contributed by atoms with van der Waals surface area (Å²) in [6, 6.07) is 11.9. The van der Waals surface area contributed by atoms with Gasteiger partial charge in [0.25, 0.3) is 5.91 Å². The van der Waals surface area contributed by atoms with Gasteiger partial charge in [0.15, 0.2) is 5.13 Å². The van der Waals surface area contributed by atoms with Crippen LogP contribution in [-0.4, -0.2) is 16.9 Å². The van der Waals surface area contributed by atoms with Crippen LogP contribution in [0.25, 0.3) is 10.2 Å². The number of hydrogen-bond acceptors (Lipinski definition) is 5. The molecule has 6 heteroatoms. The number of aromatic nitrogens is 1. The number of carbonyl (C=O) groups excluding carboxylic acids is 1. The van der Waals surface area contributed by atoms with E-state index in [9.17, 15) is 4.79 Å². The zero-order valence-corrected chi connectivity index (χ0v) is 17.1. The zero-order chi connectivity index (χ0) is 18.8. The summed E-state index contributed by atoms with van der Waals surface area (Å²) in [6.45, 7) is 4.30. The van der Waals surface area contributed by atoms with Crippen LogP contribution < -0.4 is 10.6 Å². The lowest BCUT2D eigenvalue weighted by atomic mass is 9.85. The lowest BCUT2D eigenvalue weighted by molar-refractivity contribution is 0.0938. The molecule has 1 fully saturated rings. The van der Waals surface area contributed by atoms with Crippen molar-refractivity contribution >= 4 is 43.9 Å².